The van der Waals surface area contributed by atoms with E-state index in [9.17, 15) is 0 Å². The summed E-state index contributed by atoms with van der Waals surface area (Å²) in [5.41, 5.74) is 2.99. The summed E-state index contributed by atoms with van der Waals surface area (Å²) in [4.78, 5) is 0. The molecule has 0 radical (unpaired) electrons. The summed E-state index contributed by atoms with van der Waals surface area (Å²) in [5, 5.41) is 15.4. The highest BCUT2D eigenvalue weighted by atomic mass is 16.5. The summed E-state index contributed by atoms with van der Waals surface area (Å²) >= 11 is 0. The Morgan fingerprint density at radius 2 is 1.56 bits per heavy atom. The highest BCUT2D eigenvalue weighted by Gasteiger charge is 2.22. The van der Waals surface area contributed by atoms with Crippen molar-refractivity contribution in [2.24, 2.45) is 0 Å². The van der Waals surface area contributed by atoms with Gasteiger partial charge in [0.2, 0.25) is 5.88 Å². The van der Waals surface area contributed by atoms with Gasteiger partial charge in [0, 0.05) is 11.5 Å². The Morgan fingerprint density at radius 3 is 2.32 bits per heavy atom. The predicted octanol–water partition coefficient (Wildman–Crippen LogP) is 3.64. The van der Waals surface area contributed by atoms with E-state index in [1.807, 2.05) is 18.2 Å². The molecule has 0 aliphatic rings. The van der Waals surface area contributed by atoms with Crippen LogP contribution >= 0.6 is 0 Å². The largest absolute Gasteiger partial charge is 0.438 e. The summed E-state index contributed by atoms with van der Waals surface area (Å²) in [5.74, 6) is 1.16. The summed E-state index contributed by atoms with van der Waals surface area (Å²) in [6.45, 7) is 4.43. The molecule has 6 heteroatoms. The minimum absolute atomic E-state index is 0.0800. The maximum Gasteiger partial charge on any atom is 0.239 e. The number of hydrogen-bond donors (Lipinski definition) is 0. The number of tetrazole rings is 1. The number of benzene rings is 2. The molecule has 2 heterocycles. The highest BCUT2D eigenvalue weighted by Crippen LogP contribution is 2.32. The molecule has 6 nitrogen and oxygen atoms in total. The summed E-state index contributed by atoms with van der Waals surface area (Å²) < 4.78 is 7.14. The second kappa shape index (κ2) is 5.98. The zero-order chi connectivity index (χ0) is 17.3. The first-order chi connectivity index (χ1) is 12.1. The maximum absolute atomic E-state index is 5.80. The smallest absolute Gasteiger partial charge is 0.239 e. The number of aromatic nitrogens is 5. The topological polar surface area (TPSA) is 65.2 Å². The summed E-state index contributed by atoms with van der Waals surface area (Å²) in [7, 11) is 0. The van der Waals surface area contributed by atoms with E-state index in [1.54, 1.807) is 12.1 Å². The number of nitrogens with zero attached hydrogens (tertiary/aromatic N) is 5. The van der Waals surface area contributed by atoms with Crippen LogP contribution in [0.5, 0.6) is 11.6 Å². The molecule has 2 aromatic heterocycles. The Bertz CT molecular complexity index is 993. The second-order valence-electron chi connectivity index (χ2n) is 6.32. The van der Waals surface area contributed by atoms with Crippen LogP contribution in [-0.4, -0.2) is 25.3 Å². The lowest BCUT2D eigenvalue weighted by atomic mass is 9.78. The molecule has 0 fully saturated rings. The van der Waals surface area contributed by atoms with Crippen molar-refractivity contribution in [1.82, 2.24) is 25.3 Å². The van der Waals surface area contributed by atoms with Crippen LogP contribution in [0.2, 0.25) is 0 Å². The highest BCUT2D eigenvalue weighted by molar-refractivity contribution is 5.41. The van der Waals surface area contributed by atoms with E-state index in [0.717, 1.165) is 0 Å². The van der Waals surface area contributed by atoms with Crippen LogP contribution in [0.15, 0.2) is 66.7 Å². The quantitative estimate of drug-likeness (QED) is 0.571. The molecule has 0 saturated carbocycles. The van der Waals surface area contributed by atoms with E-state index in [4.69, 9.17) is 4.74 Å². The molecule has 0 N–H and O–H groups in total. The summed E-state index contributed by atoms with van der Waals surface area (Å²) in [6.07, 6.45) is 0. The monoisotopic (exact) mass is 331 g/mol. The Hall–Kier alpha value is -3.28. The Balaban J connectivity index is 1.57. The van der Waals surface area contributed by atoms with Crippen LogP contribution in [0.25, 0.3) is 5.65 Å². The van der Waals surface area contributed by atoms with Gasteiger partial charge in [-0.1, -0.05) is 56.3 Å². The standard InChI is InChI=1S/C19H17N5O/c1-19(2,14-6-4-3-5-7-14)15-8-10-16(11-9-15)25-18-13-12-17-20-22-23-24(17)21-18/h3-13H,1-2H3. The number of hydrogen-bond acceptors (Lipinski definition) is 5. The van der Waals surface area contributed by atoms with Gasteiger partial charge >= 0.3 is 0 Å². The van der Waals surface area contributed by atoms with E-state index < -0.39 is 0 Å². The third kappa shape index (κ3) is 2.94. The van der Waals surface area contributed by atoms with Crippen LogP contribution in [0.4, 0.5) is 0 Å². The van der Waals surface area contributed by atoms with Crippen molar-refractivity contribution >= 4 is 5.65 Å². The Morgan fingerprint density at radius 1 is 0.840 bits per heavy atom. The van der Waals surface area contributed by atoms with Gasteiger partial charge in [0.1, 0.15) is 5.75 Å². The molecule has 0 saturated heterocycles. The first kappa shape index (κ1) is 15.3. The van der Waals surface area contributed by atoms with Gasteiger partial charge in [-0.2, -0.15) is 0 Å². The molecular formula is C19H17N5O. The molecular weight excluding hydrogens is 314 g/mol. The van der Waals surface area contributed by atoms with Gasteiger partial charge < -0.3 is 4.74 Å². The fraction of sp³-hybridized carbons (Fsp3) is 0.158. The van der Waals surface area contributed by atoms with Crippen LogP contribution in [-0.2, 0) is 5.41 Å². The molecule has 0 aliphatic carbocycles. The molecule has 2 aromatic carbocycles. The molecule has 0 atom stereocenters. The average molecular weight is 331 g/mol. The molecule has 0 bridgehead atoms. The van der Waals surface area contributed by atoms with Crippen molar-refractivity contribution < 1.29 is 4.74 Å². The van der Waals surface area contributed by atoms with Gasteiger partial charge in [0.15, 0.2) is 5.65 Å². The van der Waals surface area contributed by atoms with E-state index in [2.05, 4.69) is 70.9 Å². The SMILES string of the molecule is CC(C)(c1ccccc1)c1ccc(Oc2ccc3nnnn3n2)cc1. The third-order valence-corrected chi connectivity index (χ3v) is 4.34. The minimum Gasteiger partial charge on any atom is -0.438 e. The maximum atomic E-state index is 5.80. The lowest BCUT2D eigenvalue weighted by Crippen LogP contribution is -2.18. The minimum atomic E-state index is -0.0800. The van der Waals surface area contributed by atoms with Crippen LogP contribution in [0.3, 0.4) is 0 Å². The third-order valence-electron chi connectivity index (χ3n) is 4.34. The number of rotatable bonds is 4. The van der Waals surface area contributed by atoms with Crippen molar-refractivity contribution in [2.45, 2.75) is 19.3 Å². The molecule has 25 heavy (non-hydrogen) atoms. The molecule has 0 aliphatic heterocycles. The van der Waals surface area contributed by atoms with Crippen molar-refractivity contribution in [3.63, 3.8) is 0 Å². The van der Waals surface area contributed by atoms with Crippen molar-refractivity contribution in [1.29, 1.82) is 0 Å². The van der Waals surface area contributed by atoms with Crippen molar-refractivity contribution in [3.8, 4) is 11.6 Å². The van der Waals surface area contributed by atoms with Crippen LogP contribution in [0.1, 0.15) is 25.0 Å². The van der Waals surface area contributed by atoms with Crippen LogP contribution in [0, 0.1) is 0 Å². The Labute approximate surface area is 145 Å². The van der Waals surface area contributed by atoms with Crippen molar-refractivity contribution in [3.05, 3.63) is 77.9 Å². The number of ether oxygens (including phenoxy) is 1. The van der Waals surface area contributed by atoms with Gasteiger partial charge in [0.25, 0.3) is 0 Å². The fourth-order valence-corrected chi connectivity index (χ4v) is 2.77. The molecule has 0 unspecified atom stereocenters. The van der Waals surface area contributed by atoms with Gasteiger partial charge in [-0.05, 0) is 39.8 Å². The molecule has 4 rings (SSSR count). The van der Waals surface area contributed by atoms with E-state index in [-0.39, 0.29) is 5.41 Å². The van der Waals surface area contributed by atoms with Gasteiger partial charge in [-0.25, -0.2) is 0 Å². The van der Waals surface area contributed by atoms with Crippen molar-refractivity contribution in [2.75, 3.05) is 0 Å². The average Bonchev–Trinajstić information content (AvgIpc) is 3.11. The Kier molecular flexibility index (Phi) is 3.65. The fourth-order valence-electron chi connectivity index (χ4n) is 2.77. The lowest BCUT2D eigenvalue weighted by molar-refractivity contribution is 0.446. The lowest BCUT2D eigenvalue weighted by Gasteiger charge is -2.26. The molecule has 124 valence electrons. The predicted molar refractivity (Wildman–Crippen MR) is 93.7 cm³/mol. The summed E-state index contributed by atoms with van der Waals surface area (Å²) in [6, 6.07) is 22.0. The van der Waals surface area contributed by atoms with E-state index in [0.29, 0.717) is 17.3 Å². The van der Waals surface area contributed by atoms with Gasteiger partial charge in [0.05, 0.1) is 0 Å². The van der Waals surface area contributed by atoms with Gasteiger partial charge in [-0.15, -0.1) is 14.8 Å². The molecule has 0 spiro atoms. The van der Waals surface area contributed by atoms with E-state index in [1.165, 1.54) is 15.8 Å². The second-order valence-corrected chi connectivity index (χ2v) is 6.32. The molecule has 4 aromatic rings. The number of fused-ring (bicyclic) bond motifs is 1. The van der Waals surface area contributed by atoms with E-state index >= 15 is 0 Å². The molecule has 0 amide bonds. The van der Waals surface area contributed by atoms with Crippen LogP contribution < -0.4 is 4.74 Å². The first-order valence-corrected chi connectivity index (χ1v) is 8.02. The zero-order valence-corrected chi connectivity index (χ0v) is 14.0. The zero-order valence-electron chi connectivity index (χ0n) is 14.0. The normalized spacial score (nSPS) is 11.6. The van der Waals surface area contributed by atoms with Gasteiger partial charge in [-0.3, -0.25) is 0 Å². The first-order valence-electron chi connectivity index (χ1n) is 8.02.